The lowest BCUT2D eigenvalue weighted by Crippen LogP contribution is -2.40. The van der Waals surface area contributed by atoms with Crippen LogP contribution in [0.1, 0.15) is 37.4 Å². The van der Waals surface area contributed by atoms with Crippen molar-refractivity contribution in [2.75, 3.05) is 20.3 Å². The first kappa shape index (κ1) is 15.0. The normalized spacial score (nSPS) is 21.1. The minimum Gasteiger partial charge on any atom is -0.390 e. The highest BCUT2D eigenvalue weighted by molar-refractivity contribution is 7.89. The lowest BCUT2D eigenvalue weighted by atomic mass is 10.1. The summed E-state index contributed by atoms with van der Waals surface area (Å²) < 4.78 is 34.2. The van der Waals surface area contributed by atoms with Gasteiger partial charge in [-0.05, 0) is 31.7 Å². The van der Waals surface area contributed by atoms with Crippen LogP contribution in [0.5, 0.6) is 0 Å². The summed E-state index contributed by atoms with van der Waals surface area (Å²) >= 11 is 0. The van der Waals surface area contributed by atoms with E-state index in [0.29, 0.717) is 24.9 Å². The van der Waals surface area contributed by atoms with Gasteiger partial charge in [0, 0.05) is 44.2 Å². The molecule has 3 rings (SSSR count). The van der Waals surface area contributed by atoms with Crippen molar-refractivity contribution in [2.45, 2.75) is 49.3 Å². The van der Waals surface area contributed by atoms with Crippen LogP contribution >= 0.6 is 0 Å². The first-order valence-electron chi connectivity index (χ1n) is 7.41. The average molecular weight is 314 g/mol. The van der Waals surface area contributed by atoms with Crippen LogP contribution in [0.3, 0.4) is 0 Å². The summed E-state index contributed by atoms with van der Waals surface area (Å²) in [7, 11) is -1.87. The molecule has 1 aliphatic carbocycles. The molecule has 1 saturated heterocycles. The second-order valence-electron chi connectivity index (χ2n) is 5.83. The number of aliphatic hydroxyl groups excluding tert-OH is 1. The average Bonchev–Trinajstić information content (AvgIpc) is 3.25. The molecule has 6 nitrogen and oxygen atoms in total. The van der Waals surface area contributed by atoms with Gasteiger partial charge in [-0.3, -0.25) is 0 Å². The largest absolute Gasteiger partial charge is 0.390 e. The Morgan fingerprint density at radius 3 is 2.57 bits per heavy atom. The second kappa shape index (κ2) is 5.72. The molecule has 1 N–H and O–H groups in total. The maximum absolute atomic E-state index is 12.7. The van der Waals surface area contributed by atoms with Crippen molar-refractivity contribution in [1.82, 2.24) is 8.87 Å². The lowest BCUT2D eigenvalue weighted by molar-refractivity contribution is 0.0632. The summed E-state index contributed by atoms with van der Waals surface area (Å²) in [6.45, 7) is 1.08. The van der Waals surface area contributed by atoms with Crippen LogP contribution in [-0.4, -0.2) is 48.7 Å². The number of hydrogen-bond acceptors (Lipinski definition) is 4. The van der Waals surface area contributed by atoms with Crippen molar-refractivity contribution in [1.29, 1.82) is 0 Å². The molecule has 0 bridgehead atoms. The molecule has 118 valence electrons. The molecule has 0 radical (unpaired) electrons. The lowest BCUT2D eigenvalue weighted by Gasteiger charge is -2.30. The van der Waals surface area contributed by atoms with Gasteiger partial charge in [0.05, 0.1) is 6.61 Å². The fourth-order valence-electron chi connectivity index (χ4n) is 2.87. The summed E-state index contributed by atoms with van der Waals surface area (Å²) in [6.07, 6.45) is 5.24. The highest BCUT2D eigenvalue weighted by atomic mass is 32.2. The second-order valence-corrected chi connectivity index (χ2v) is 7.83. The zero-order valence-electron chi connectivity index (χ0n) is 12.2. The highest BCUT2D eigenvalue weighted by Crippen LogP contribution is 2.37. The first-order valence-corrected chi connectivity index (χ1v) is 8.85. The fraction of sp³-hybridized carbons (Fsp3) is 0.714. The molecule has 2 aliphatic rings. The monoisotopic (exact) mass is 314 g/mol. The van der Waals surface area contributed by atoms with Crippen LogP contribution in [0, 0.1) is 0 Å². The molecule has 0 aromatic carbocycles. The molecule has 0 spiro atoms. The van der Waals surface area contributed by atoms with Gasteiger partial charge in [-0.2, -0.15) is 4.31 Å². The smallest absolute Gasteiger partial charge is 0.244 e. The van der Waals surface area contributed by atoms with E-state index in [2.05, 4.69) is 0 Å². The molecule has 7 heteroatoms. The molecule has 21 heavy (non-hydrogen) atoms. The maximum Gasteiger partial charge on any atom is 0.244 e. The summed E-state index contributed by atoms with van der Waals surface area (Å²) in [5.74, 6) is 0. The van der Waals surface area contributed by atoms with E-state index in [1.165, 1.54) is 4.31 Å². The van der Waals surface area contributed by atoms with Crippen molar-refractivity contribution < 1.29 is 18.3 Å². The number of ether oxygens (including phenoxy) is 1. The highest BCUT2D eigenvalue weighted by Gasteiger charge is 2.32. The van der Waals surface area contributed by atoms with Crippen molar-refractivity contribution in [3.63, 3.8) is 0 Å². The van der Waals surface area contributed by atoms with E-state index in [4.69, 9.17) is 4.74 Å². The molecule has 2 fully saturated rings. The standard InChI is InChI=1S/C14H22N2O4S/c1-15(11-4-6-20-7-5-11)21(18,19)14-8-13(10-17)16(9-14)12-2-3-12/h8-9,11-12,17H,2-7,10H2,1H3. The molecule has 1 saturated carbocycles. The first-order chi connectivity index (χ1) is 10.0. The Bertz CT molecular complexity index is 600. The molecule has 2 heterocycles. The summed E-state index contributed by atoms with van der Waals surface area (Å²) in [6, 6.07) is 1.94. The molecule has 1 aromatic rings. The molecular weight excluding hydrogens is 292 g/mol. The minimum absolute atomic E-state index is 0.00870. The van der Waals surface area contributed by atoms with Crippen molar-refractivity contribution in [3.05, 3.63) is 18.0 Å². The SMILES string of the molecule is CN(C1CCOCC1)S(=O)(=O)c1cc(CO)n(C2CC2)c1. The van der Waals surface area contributed by atoms with Crippen LogP contribution < -0.4 is 0 Å². The Morgan fingerprint density at radius 2 is 2.00 bits per heavy atom. The van der Waals surface area contributed by atoms with Crippen molar-refractivity contribution >= 4 is 10.0 Å². The van der Waals surface area contributed by atoms with Gasteiger partial charge in [0.1, 0.15) is 4.90 Å². The van der Waals surface area contributed by atoms with Gasteiger partial charge in [-0.15, -0.1) is 0 Å². The summed E-state index contributed by atoms with van der Waals surface area (Å²) in [4.78, 5) is 0.285. The number of sulfonamides is 1. The summed E-state index contributed by atoms with van der Waals surface area (Å²) in [5.41, 5.74) is 0.677. The van der Waals surface area contributed by atoms with Gasteiger partial charge in [0.25, 0.3) is 0 Å². The number of nitrogens with zero attached hydrogens (tertiary/aromatic N) is 2. The van der Waals surface area contributed by atoms with Gasteiger partial charge in [-0.25, -0.2) is 8.42 Å². The molecule has 1 aliphatic heterocycles. The Labute approximate surface area is 125 Å². The number of aliphatic hydroxyl groups is 1. The molecule has 0 amide bonds. The van der Waals surface area contributed by atoms with Gasteiger partial charge in [0.2, 0.25) is 10.0 Å². The van der Waals surface area contributed by atoms with Crippen LogP contribution in [0.25, 0.3) is 0 Å². The third kappa shape index (κ3) is 2.88. The van der Waals surface area contributed by atoms with Crippen LogP contribution in [-0.2, 0) is 21.4 Å². The topological polar surface area (TPSA) is 71.8 Å². The van der Waals surface area contributed by atoms with Gasteiger partial charge in [-0.1, -0.05) is 0 Å². The van der Waals surface area contributed by atoms with Crippen LogP contribution in [0.15, 0.2) is 17.2 Å². The fourth-order valence-corrected chi connectivity index (χ4v) is 4.34. The van der Waals surface area contributed by atoms with E-state index in [1.807, 2.05) is 4.57 Å². The van der Waals surface area contributed by atoms with E-state index in [1.54, 1.807) is 19.3 Å². The Morgan fingerprint density at radius 1 is 1.33 bits per heavy atom. The zero-order chi connectivity index (χ0) is 15.0. The molecule has 0 unspecified atom stereocenters. The molecular formula is C14H22N2O4S. The van der Waals surface area contributed by atoms with Crippen molar-refractivity contribution in [2.24, 2.45) is 0 Å². The van der Waals surface area contributed by atoms with E-state index in [-0.39, 0.29) is 17.5 Å². The molecule has 0 atom stereocenters. The van der Waals surface area contributed by atoms with Crippen LogP contribution in [0.4, 0.5) is 0 Å². The predicted molar refractivity (Wildman–Crippen MR) is 77.4 cm³/mol. The van der Waals surface area contributed by atoms with E-state index in [0.717, 1.165) is 25.7 Å². The number of aromatic nitrogens is 1. The van der Waals surface area contributed by atoms with Gasteiger partial charge >= 0.3 is 0 Å². The third-order valence-electron chi connectivity index (χ3n) is 4.39. The van der Waals surface area contributed by atoms with Gasteiger partial charge in [0.15, 0.2) is 0 Å². The van der Waals surface area contributed by atoms with Crippen molar-refractivity contribution in [3.8, 4) is 0 Å². The zero-order valence-corrected chi connectivity index (χ0v) is 13.1. The number of hydrogen-bond donors (Lipinski definition) is 1. The Kier molecular flexibility index (Phi) is 4.09. The predicted octanol–water partition coefficient (Wildman–Crippen LogP) is 1.11. The Balaban J connectivity index is 1.86. The van der Waals surface area contributed by atoms with E-state index < -0.39 is 10.0 Å². The van der Waals surface area contributed by atoms with Crippen LogP contribution in [0.2, 0.25) is 0 Å². The summed E-state index contributed by atoms with van der Waals surface area (Å²) in [5, 5.41) is 9.42. The van der Waals surface area contributed by atoms with Gasteiger partial charge < -0.3 is 14.4 Å². The Hall–Kier alpha value is -0.890. The van der Waals surface area contributed by atoms with E-state index >= 15 is 0 Å². The minimum atomic E-state index is -3.51. The maximum atomic E-state index is 12.7. The third-order valence-corrected chi connectivity index (χ3v) is 6.27. The van der Waals surface area contributed by atoms with E-state index in [9.17, 15) is 13.5 Å². The quantitative estimate of drug-likeness (QED) is 0.884. The molecule has 1 aromatic heterocycles. The number of rotatable bonds is 5.